The molecular formula is C24H18Cl2N2O3. The van der Waals surface area contributed by atoms with E-state index in [9.17, 15) is 9.59 Å². The Kier molecular flexibility index (Phi) is 5.72. The first-order chi connectivity index (χ1) is 14.9. The third kappa shape index (κ3) is 3.78. The molecule has 3 aromatic carbocycles. The van der Waals surface area contributed by atoms with Gasteiger partial charge in [0.2, 0.25) is 0 Å². The van der Waals surface area contributed by atoms with Crippen molar-refractivity contribution in [1.82, 2.24) is 0 Å². The molecule has 156 valence electrons. The Morgan fingerprint density at radius 1 is 0.871 bits per heavy atom. The molecule has 1 aliphatic rings. The number of hydrogen-bond donors (Lipinski definition) is 1. The molecule has 0 saturated heterocycles. The Labute approximate surface area is 189 Å². The second kappa shape index (κ2) is 8.46. The molecule has 3 aromatic rings. The Bertz CT molecular complexity index is 1220. The third-order valence-corrected chi connectivity index (χ3v) is 5.73. The standard InChI is InChI=1S/C24H18Cl2N2O3/c1-14-17(26)6-5-7-18(14)27-22-21(15-10-12-16(25)13-11-15)23(29)28(24(22)30)19-8-3-4-9-20(19)31-2/h3-13,27H,1-2H3. The van der Waals surface area contributed by atoms with Crippen molar-refractivity contribution in [3.8, 4) is 5.75 Å². The fourth-order valence-corrected chi connectivity index (χ4v) is 3.74. The van der Waals surface area contributed by atoms with Crippen molar-refractivity contribution < 1.29 is 14.3 Å². The number of imide groups is 1. The Balaban J connectivity index is 1.87. The zero-order valence-electron chi connectivity index (χ0n) is 16.8. The fourth-order valence-electron chi connectivity index (χ4n) is 3.44. The molecule has 7 heteroatoms. The van der Waals surface area contributed by atoms with Crippen molar-refractivity contribution in [3.05, 3.63) is 93.6 Å². The van der Waals surface area contributed by atoms with Crippen LogP contribution in [0.3, 0.4) is 0 Å². The lowest BCUT2D eigenvalue weighted by Gasteiger charge is -2.18. The van der Waals surface area contributed by atoms with Crippen LogP contribution in [0.15, 0.2) is 72.4 Å². The number of ether oxygens (including phenoxy) is 1. The molecule has 0 bridgehead atoms. The van der Waals surface area contributed by atoms with Gasteiger partial charge in [0.25, 0.3) is 11.8 Å². The van der Waals surface area contributed by atoms with Gasteiger partial charge >= 0.3 is 0 Å². The van der Waals surface area contributed by atoms with Crippen molar-refractivity contribution in [3.63, 3.8) is 0 Å². The van der Waals surface area contributed by atoms with Crippen LogP contribution >= 0.6 is 23.2 Å². The van der Waals surface area contributed by atoms with E-state index in [1.807, 2.05) is 6.92 Å². The van der Waals surface area contributed by atoms with E-state index in [4.69, 9.17) is 27.9 Å². The van der Waals surface area contributed by atoms with Gasteiger partial charge in [-0.15, -0.1) is 0 Å². The number of anilines is 2. The molecule has 1 aliphatic heterocycles. The highest BCUT2D eigenvalue weighted by Gasteiger charge is 2.41. The summed E-state index contributed by atoms with van der Waals surface area (Å²) in [6.45, 7) is 1.84. The predicted octanol–water partition coefficient (Wildman–Crippen LogP) is 5.71. The van der Waals surface area contributed by atoms with E-state index in [2.05, 4.69) is 5.32 Å². The van der Waals surface area contributed by atoms with Crippen LogP contribution < -0.4 is 15.0 Å². The third-order valence-electron chi connectivity index (χ3n) is 5.07. The molecule has 1 heterocycles. The maximum absolute atomic E-state index is 13.5. The molecule has 5 nitrogen and oxygen atoms in total. The van der Waals surface area contributed by atoms with Gasteiger partial charge in [0.1, 0.15) is 11.4 Å². The van der Waals surface area contributed by atoms with Crippen LogP contribution in [0.25, 0.3) is 5.57 Å². The number of nitrogens with zero attached hydrogens (tertiary/aromatic N) is 1. The van der Waals surface area contributed by atoms with Gasteiger partial charge in [0, 0.05) is 15.7 Å². The van der Waals surface area contributed by atoms with Gasteiger partial charge in [-0.3, -0.25) is 9.59 Å². The minimum absolute atomic E-state index is 0.156. The molecule has 4 rings (SSSR count). The van der Waals surface area contributed by atoms with Gasteiger partial charge in [-0.05, 0) is 54.4 Å². The topological polar surface area (TPSA) is 58.6 Å². The summed E-state index contributed by atoms with van der Waals surface area (Å²) in [6, 6.07) is 19.0. The molecule has 0 aromatic heterocycles. The fraction of sp³-hybridized carbons (Fsp3) is 0.0833. The molecule has 2 amide bonds. The average molecular weight is 453 g/mol. The zero-order chi connectivity index (χ0) is 22.1. The molecule has 0 fully saturated rings. The molecule has 0 unspecified atom stereocenters. The molecule has 31 heavy (non-hydrogen) atoms. The summed E-state index contributed by atoms with van der Waals surface area (Å²) in [5.41, 5.74) is 2.74. The Hall–Kier alpha value is -3.28. The number of methoxy groups -OCH3 is 1. The van der Waals surface area contributed by atoms with Gasteiger partial charge < -0.3 is 10.1 Å². The molecular weight excluding hydrogens is 435 g/mol. The van der Waals surface area contributed by atoms with E-state index in [0.717, 1.165) is 10.5 Å². The number of carbonyl (C=O) groups excluding carboxylic acids is 2. The first-order valence-corrected chi connectivity index (χ1v) is 10.2. The van der Waals surface area contributed by atoms with E-state index < -0.39 is 11.8 Å². The van der Waals surface area contributed by atoms with E-state index in [1.165, 1.54) is 7.11 Å². The first-order valence-electron chi connectivity index (χ1n) is 9.46. The van der Waals surface area contributed by atoms with Crippen LogP contribution in [0.4, 0.5) is 11.4 Å². The van der Waals surface area contributed by atoms with E-state index >= 15 is 0 Å². The van der Waals surface area contributed by atoms with Crippen molar-refractivity contribution in [2.24, 2.45) is 0 Å². The van der Waals surface area contributed by atoms with E-state index in [1.54, 1.807) is 66.7 Å². The van der Waals surface area contributed by atoms with Crippen LogP contribution in [0.2, 0.25) is 10.0 Å². The number of para-hydroxylation sites is 2. The molecule has 0 atom stereocenters. The van der Waals surface area contributed by atoms with Crippen LogP contribution in [-0.4, -0.2) is 18.9 Å². The summed E-state index contributed by atoms with van der Waals surface area (Å²) < 4.78 is 5.38. The number of carbonyl (C=O) groups is 2. The van der Waals surface area contributed by atoms with Gasteiger partial charge in [-0.1, -0.05) is 53.5 Å². The maximum Gasteiger partial charge on any atom is 0.282 e. The normalized spacial score (nSPS) is 13.7. The minimum Gasteiger partial charge on any atom is -0.495 e. The highest BCUT2D eigenvalue weighted by molar-refractivity contribution is 6.46. The highest BCUT2D eigenvalue weighted by Crippen LogP contribution is 2.38. The summed E-state index contributed by atoms with van der Waals surface area (Å²) in [7, 11) is 1.49. The summed E-state index contributed by atoms with van der Waals surface area (Å²) in [6.07, 6.45) is 0. The first kappa shape index (κ1) is 21.0. The lowest BCUT2D eigenvalue weighted by molar-refractivity contribution is -0.120. The van der Waals surface area contributed by atoms with Crippen molar-refractivity contribution in [2.45, 2.75) is 6.92 Å². The van der Waals surface area contributed by atoms with Crippen LogP contribution in [0, 0.1) is 6.92 Å². The summed E-state index contributed by atoms with van der Waals surface area (Å²) in [5, 5.41) is 4.22. The second-order valence-corrected chi connectivity index (χ2v) is 7.76. The molecule has 0 spiro atoms. The average Bonchev–Trinajstić information content (AvgIpc) is 3.01. The van der Waals surface area contributed by atoms with Crippen LogP contribution in [0.1, 0.15) is 11.1 Å². The molecule has 0 radical (unpaired) electrons. The van der Waals surface area contributed by atoms with Crippen molar-refractivity contribution in [1.29, 1.82) is 0 Å². The Morgan fingerprint density at radius 3 is 2.29 bits per heavy atom. The van der Waals surface area contributed by atoms with E-state index in [-0.39, 0.29) is 11.3 Å². The van der Waals surface area contributed by atoms with Gasteiger partial charge in [-0.25, -0.2) is 4.90 Å². The second-order valence-electron chi connectivity index (χ2n) is 6.91. The number of nitrogens with one attached hydrogen (secondary N) is 1. The molecule has 1 N–H and O–H groups in total. The SMILES string of the molecule is COc1ccccc1N1C(=O)C(Nc2cccc(Cl)c2C)=C(c2ccc(Cl)cc2)C1=O. The largest absolute Gasteiger partial charge is 0.495 e. The lowest BCUT2D eigenvalue weighted by Crippen LogP contribution is -2.32. The predicted molar refractivity (Wildman–Crippen MR) is 124 cm³/mol. The molecule has 0 aliphatic carbocycles. The van der Waals surface area contributed by atoms with Crippen molar-refractivity contribution in [2.75, 3.05) is 17.3 Å². The van der Waals surface area contributed by atoms with Gasteiger partial charge in [0.15, 0.2) is 0 Å². The van der Waals surface area contributed by atoms with Gasteiger partial charge in [-0.2, -0.15) is 0 Å². The summed E-state index contributed by atoms with van der Waals surface area (Å²) >= 11 is 12.3. The zero-order valence-corrected chi connectivity index (χ0v) is 18.3. The Morgan fingerprint density at radius 2 is 1.58 bits per heavy atom. The number of benzene rings is 3. The van der Waals surface area contributed by atoms with Gasteiger partial charge in [0.05, 0.1) is 18.4 Å². The van der Waals surface area contributed by atoms with Crippen LogP contribution in [0.5, 0.6) is 5.75 Å². The highest BCUT2D eigenvalue weighted by atomic mass is 35.5. The number of amides is 2. The lowest BCUT2D eigenvalue weighted by atomic mass is 10.0. The summed E-state index contributed by atoms with van der Waals surface area (Å²) in [5.74, 6) is -0.530. The smallest absolute Gasteiger partial charge is 0.282 e. The number of halogens is 2. The number of hydrogen-bond acceptors (Lipinski definition) is 4. The van der Waals surface area contributed by atoms with Crippen LogP contribution in [-0.2, 0) is 9.59 Å². The van der Waals surface area contributed by atoms with Crippen molar-refractivity contribution >= 4 is 52.0 Å². The maximum atomic E-state index is 13.5. The monoisotopic (exact) mass is 452 g/mol. The summed E-state index contributed by atoms with van der Waals surface area (Å²) in [4.78, 5) is 28.1. The van der Waals surface area contributed by atoms with E-state index in [0.29, 0.717) is 32.7 Å². The number of rotatable bonds is 5. The molecule has 0 saturated carbocycles. The quantitative estimate of drug-likeness (QED) is 0.503. The minimum atomic E-state index is -0.487.